The molecule has 1 aromatic heterocycles. The number of hydrogen-bond donors (Lipinski definition) is 0. The zero-order valence-electron chi connectivity index (χ0n) is 11.0. The maximum atomic E-state index is 10.8. The highest BCUT2D eigenvalue weighted by atomic mass is 16.6. The molecule has 5 nitrogen and oxygen atoms in total. The fourth-order valence-corrected chi connectivity index (χ4v) is 2.39. The Morgan fingerprint density at radius 3 is 2.53 bits per heavy atom. The first-order chi connectivity index (χ1) is 7.91. The highest BCUT2D eigenvalue weighted by Gasteiger charge is 2.21. The van der Waals surface area contributed by atoms with Gasteiger partial charge < -0.3 is 10.1 Å². The van der Waals surface area contributed by atoms with E-state index in [-0.39, 0.29) is 12.0 Å². The first-order valence-corrected chi connectivity index (χ1v) is 6.09. The van der Waals surface area contributed by atoms with Gasteiger partial charge in [-0.05, 0) is 36.5 Å². The summed E-state index contributed by atoms with van der Waals surface area (Å²) in [6, 6.07) is 0.117. The summed E-state index contributed by atoms with van der Waals surface area (Å²) in [5, 5.41) is 10.8. The Morgan fingerprint density at radius 2 is 2.00 bits per heavy atom. The SMILES string of the molecule is CC(C)CC(C)CC(C)n1ccnc1[N+](=O)[O-]. The van der Waals surface area contributed by atoms with E-state index in [0.29, 0.717) is 11.8 Å². The van der Waals surface area contributed by atoms with Gasteiger partial charge in [0.05, 0.1) is 6.04 Å². The summed E-state index contributed by atoms with van der Waals surface area (Å²) in [6.07, 6.45) is 5.26. The molecule has 1 heterocycles. The first-order valence-electron chi connectivity index (χ1n) is 6.09. The summed E-state index contributed by atoms with van der Waals surface area (Å²) in [7, 11) is 0. The van der Waals surface area contributed by atoms with E-state index >= 15 is 0 Å². The molecule has 0 spiro atoms. The molecule has 2 unspecified atom stereocenters. The maximum absolute atomic E-state index is 10.8. The van der Waals surface area contributed by atoms with Gasteiger partial charge in [0.25, 0.3) is 0 Å². The molecule has 0 saturated carbocycles. The van der Waals surface area contributed by atoms with Gasteiger partial charge in [0, 0.05) is 0 Å². The van der Waals surface area contributed by atoms with E-state index in [9.17, 15) is 10.1 Å². The predicted molar refractivity (Wildman–Crippen MR) is 66.8 cm³/mol. The molecule has 17 heavy (non-hydrogen) atoms. The fourth-order valence-electron chi connectivity index (χ4n) is 2.39. The second kappa shape index (κ2) is 5.80. The van der Waals surface area contributed by atoms with Gasteiger partial charge in [-0.15, -0.1) is 0 Å². The Balaban J connectivity index is 2.66. The Bertz CT molecular complexity index is 374. The van der Waals surface area contributed by atoms with Crippen molar-refractivity contribution in [2.24, 2.45) is 11.8 Å². The summed E-state index contributed by atoms with van der Waals surface area (Å²) in [6.45, 7) is 8.59. The number of rotatable bonds is 6. The van der Waals surface area contributed by atoms with Crippen molar-refractivity contribution in [3.8, 4) is 0 Å². The van der Waals surface area contributed by atoms with Gasteiger partial charge in [-0.3, -0.25) is 0 Å². The lowest BCUT2D eigenvalue weighted by Gasteiger charge is -2.18. The minimum atomic E-state index is -0.427. The lowest BCUT2D eigenvalue weighted by Crippen LogP contribution is -2.12. The third-order valence-corrected chi connectivity index (χ3v) is 2.90. The Labute approximate surface area is 102 Å². The van der Waals surface area contributed by atoms with Crippen LogP contribution in [0.5, 0.6) is 0 Å². The molecule has 1 aromatic rings. The van der Waals surface area contributed by atoms with Crippen molar-refractivity contribution < 1.29 is 4.92 Å². The second-order valence-corrected chi connectivity index (χ2v) is 5.21. The Kier molecular flexibility index (Phi) is 4.66. The van der Waals surface area contributed by atoms with Crippen LogP contribution >= 0.6 is 0 Å². The zero-order valence-corrected chi connectivity index (χ0v) is 11.0. The lowest BCUT2D eigenvalue weighted by molar-refractivity contribution is -0.397. The number of imidazole rings is 1. The van der Waals surface area contributed by atoms with Crippen LogP contribution in [0.15, 0.2) is 12.4 Å². The highest BCUT2D eigenvalue weighted by molar-refractivity contribution is 5.08. The molecule has 0 aliphatic heterocycles. The average Bonchev–Trinajstić information content (AvgIpc) is 2.63. The lowest BCUT2D eigenvalue weighted by atomic mass is 9.93. The summed E-state index contributed by atoms with van der Waals surface area (Å²) >= 11 is 0. The molecule has 0 N–H and O–H groups in total. The van der Waals surface area contributed by atoms with E-state index in [1.165, 1.54) is 6.20 Å². The van der Waals surface area contributed by atoms with Crippen LogP contribution in [0.1, 0.15) is 46.6 Å². The molecule has 0 aromatic carbocycles. The van der Waals surface area contributed by atoms with Crippen LogP contribution in [0.2, 0.25) is 0 Å². The first kappa shape index (κ1) is 13.7. The standard InChI is InChI=1S/C12H21N3O2/c1-9(2)7-10(3)8-11(4)14-6-5-13-12(14)15(16)17/h5-6,9-11H,7-8H2,1-4H3. The molecule has 2 atom stereocenters. The largest absolute Gasteiger partial charge is 0.434 e. The van der Waals surface area contributed by atoms with Gasteiger partial charge >= 0.3 is 5.95 Å². The van der Waals surface area contributed by atoms with Crippen molar-refractivity contribution in [1.29, 1.82) is 0 Å². The van der Waals surface area contributed by atoms with Crippen molar-refractivity contribution >= 4 is 5.95 Å². The van der Waals surface area contributed by atoms with Crippen molar-refractivity contribution in [2.75, 3.05) is 0 Å². The molecular weight excluding hydrogens is 218 g/mol. The average molecular weight is 239 g/mol. The molecule has 5 heteroatoms. The third-order valence-electron chi connectivity index (χ3n) is 2.90. The number of hydrogen-bond acceptors (Lipinski definition) is 3. The van der Waals surface area contributed by atoms with Crippen LogP contribution in [0.4, 0.5) is 5.95 Å². The van der Waals surface area contributed by atoms with Gasteiger partial charge in [0.1, 0.15) is 12.4 Å². The molecule has 0 aliphatic carbocycles. The monoisotopic (exact) mass is 239 g/mol. The molecule has 0 aliphatic rings. The van der Waals surface area contributed by atoms with Crippen molar-refractivity contribution in [1.82, 2.24) is 9.55 Å². The van der Waals surface area contributed by atoms with Crippen LogP contribution in [0.3, 0.4) is 0 Å². The molecule has 0 bridgehead atoms. The van der Waals surface area contributed by atoms with E-state index in [4.69, 9.17) is 0 Å². The smallest absolute Gasteiger partial charge is 0.390 e. The maximum Gasteiger partial charge on any atom is 0.434 e. The van der Waals surface area contributed by atoms with E-state index in [1.807, 2.05) is 6.92 Å². The summed E-state index contributed by atoms with van der Waals surface area (Å²) in [5.41, 5.74) is 0. The number of nitrogens with zero attached hydrogens (tertiary/aromatic N) is 3. The van der Waals surface area contributed by atoms with Crippen molar-refractivity contribution in [3.05, 3.63) is 22.5 Å². The summed E-state index contributed by atoms with van der Waals surface area (Å²) in [4.78, 5) is 14.1. The normalized spacial score (nSPS) is 14.9. The van der Waals surface area contributed by atoms with Crippen LogP contribution in [0, 0.1) is 22.0 Å². The van der Waals surface area contributed by atoms with Gasteiger partial charge in [-0.2, -0.15) is 0 Å². The van der Waals surface area contributed by atoms with Crippen molar-refractivity contribution in [3.63, 3.8) is 0 Å². The van der Waals surface area contributed by atoms with E-state index in [2.05, 4.69) is 25.8 Å². The topological polar surface area (TPSA) is 61.0 Å². The predicted octanol–water partition coefficient (Wildman–Crippen LogP) is 3.42. The van der Waals surface area contributed by atoms with Crippen LogP contribution in [-0.2, 0) is 0 Å². The third kappa shape index (κ3) is 3.84. The second-order valence-electron chi connectivity index (χ2n) is 5.21. The Hall–Kier alpha value is -1.39. The molecule has 1 rings (SSSR count). The minimum Gasteiger partial charge on any atom is -0.390 e. The van der Waals surface area contributed by atoms with E-state index < -0.39 is 4.92 Å². The van der Waals surface area contributed by atoms with Crippen LogP contribution < -0.4 is 0 Å². The quantitative estimate of drug-likeness (QED) is 0.564. The van der Waals surface area contributed by atoms with Crippen LogP contribution in [0.25, 0.3) is 0 Å². The van der Waals surface area contributed by atoms with E-state index in [1.54, 1.807) is 10.8 Å². The van der Waals surface area contributed by atoms with Gasteiger partial charge in [0.15, 0.2) is 0 Å². The zero-order chi connectivity index (χ0) is 13.0. The molecular formula is C12H21N3O2. The molecule has 0 fully saturated rings. The highest BCUT2D eigenvalue weighted by Crippen LogP contribution is 2.25. The van der Waals surface area contributed by atoms with Crippen LogP contribution in [-0.4, -0.2) is 14.5 Å². The molecule has 0 saturated heterocycles. The van der Waals surface area contributed by atoms with Crippen molar-refractivity contribution in [2.45, 2.75) is 46.6 Å². The fraction of sp³-hybridized carbons (Fsp3) is 0.750. The summed E-state index contributed by atoms with van der Waals surface area (Å²) < 4.78 is 1.65. The number of nitro groups is 1. The van der Waals surface area contributed by atoms with E-state index in [0.717, 1.165) is 12.8 Å². The van der Waals surface area contributed by atoms with Gasteiger partial charge in [-0.25, -0.2) is 4.57 Å². The van der Waals surface area contributed by atoms with Gasteiger partial charge in [0.2, 0.25) is 0 Å². The molecule has 96 valence electrons. The van der Waals surface area contributed by atoms with Gasteiger partial charge in [-0.1, -0.05) is 25.8 Å². The Morgan fingerprint density at radius 1 is 1.35 bits per heavy atom. The molecule has 0 amide bonds. The molecule has 0 radical (unpaired) electrons. The number of aromatic nitrogens is 2. The summed E-state index contributed by atoms with van der Waals surface area (Å²) in [5.74, 6) is 1.16. The minimum absolute atomic E-state index is 0.0609.